The summed E-state index contributed by atoms with van der Waals surface area (Å²) >= 11 is 5.96. The van der Waals surface area contributed by atoms with Crippen molar-refractivity contribution in [1.29, 1.82) is 0 Å². The number of hydrogen-bond acceptors (Lipinski definition) is 3. The molecule has 7 heteroatoms. The molecule has 0 atom stereocenters. The van der Waals surface area contributed by atoms with E-state index in [1.165, 1.54) is 0 Å². The van der Waals surface area contributed by atoms with Crippen molar-refractivity contribution in [1.82, 2.24) is 5.32 Å². The van der Waals surface area contributed by atoms with Crippen LogP contribution < -0.4 is 9.62 Å². The standard InChI is InChI=1S/C23H23ClN2O3S/c1-17-7-13-22(14-8-17)30(28,29)26(21-11-9-20(24)10-12-21)16-23(27)25-15-19-6-4-3-5-18(19)2/h3-14H,15-16H2,1-2H3,(H,25,27). The van der Waals surface area contributed by atoms with Gasteiger partial charge in [-0.1, -0.05) is 53.6 Å². The predicted molar refractivity (Wildman–Crippen MR) is 120 cm³/mol. The minimum Gasteiger partial charge on any atom is -0.350 e. The van der Waals surface area contributed by atoms with Gasteiger partial charge in [-0.15, -0.1) is 0 Å². The first kappa shape index (κ1) is 21.9. The van der Waals surface area contributed by atoms with Crippen LogP contribution in [-0.2, 0) is 21.4 Å². The summed E-state index contributed by atoms with van der Waals surface area (Å²) in [4.78, 5) is 12.8. The van der Waals surface area contributed by atoms with Gasteiger partial charge < -0.3 is 5.32 Å². The van der Waals surface area contributed by atoms with E-state index in [1.54, 1.807) is 48.5 Å². The van der Waals surface area contributed by atoms with E-state index in [1.807, 2.05) is 38.1 Å². The zero-order valence-corrected chi connectivity index (χ0v) is 18.4. The summed E-state index contributed by atoms with van der Waals surface area (Å²) in [5, 5.41) is 3.29. The Labute approximate surface area is 182 Å². The molecule has 0 radical (unpaired) electrons. The van der Waals surface area contributed by atoms with E-state index < -0.39 is 15.9 Å². The molecule has 0 aliphatic carbocycles. The van der Waals surface area contributed by atoms with Gasteiger partial charge in [-0.05, 0) is 61.4 Å². The van der Waals surface area contributed by atoms with Crippen LogP contribution in [0.5, 0.6) is 0 Å². The maximum Gasteiger partial charge on any atom is 0.264 e. The van der Waals surface area contributed by atoms with E-state index in [0.29, 0.717) is 17.3 Å². The van der Waals surface area contributed by atoms with Gasteiger partial charge in [0.15, 0.2) is 0 Å². The molecule has 3 aromatic carbocycles. The van der Waals surface area contributed by atoms with Crippen molar-refractivity contribution < 1.29 is 13.2 Å². The number of aryl methyl sites for hydroxylation is 2. The van der Waals surface area contributed by atoms with Crippen LogP contribution in [0, 0.1) is 13.8 Å². The van der Waals surface area contributed by atoms with Crippen molar-refractivity contribution in [3.63, 3.8) is 0 Å². The SMILES string of the molecule is Cc1ccc(S(=O)(=O)N(CC(=O)NCc2ccccc2C)c2ccc(Cl)cc2)cc1. The predicted octanol–water partition coefficient (Wildman–Crippen LogP) is 4.47. The van der Waals surface area contributed by atoms with Crippen molar-refractivity contribution in [3.8, 4) is 0 Å². The summed E-state index contributed by atoms with van der Waals surface area (Å²) in [5.41, 5.74) is 3.35. The van der Waals surface area contributed by atoms with Crippen molar-refractivity contribution in [2.24, 2.45) is 0 Å². The lowest BCUT2D eigenvalue weighted by Gasteiger charge is -2.24. The van der Waals surface area contributed by atoms with Crippen molar-refractivity contribution in [2.45, 2.75) is 25.3 Å². The third-order valence-electron chi connectivity index (χ3n) is 4.75. The molecule has 0 fully saturated rings. The molecule has 0 aliphatic heterocycles. The Morgan fingerprint density at radius 2 is 1.57 bits per heavy atom. The Bertz CT molecular complexity index is 1130. The van der Waals surface area contributed by atoms with Gasteiger partial charge in [-0.2, -0.15) is 0 Å². The molecule has 0 saturated carbocycles. The highest BCUT2D eigenvalue weighted by Gasteiger charge is 2.27. The average molecular weight is 443 g/mol. The highest BCUT2D eigenvalue weighted by molar-refractivity contribution is 7.92. The first-order valence-corrected chi connectivity index (χ1v) is 11.3. The third-order valence-corrected chi connectivity index (χ3v) is 6.79. The Morgan fingerprint density at radius 3 is 2.20 bits per heavy atom. The van der Waals surface area contributed by atoms with Crippen LogP contribution in [0.25, 0.3) is 0 Å². The topological polar surface area (TPSA) is 66.5 Å². The molecule has 0 bridgehead atoms. The van der Waals surface area contributed by atoms with Crippen LogP contribution in [-0.4, -0.2) is 20.9 Å². The number of anilines is 1. The lowest BCUT2D eigenvalue weighted by molar-refractivity contribution is -0.119. The fraction of sp³-hybridized carbons (Fsp3) is 0.174. The van der Waals surface area contributed by atoms with E-state index in [0.717, 1.165) is 21.0 Å². The number of carbonyl (C=O) groups excluding carboxylic acids is 1. The minimum absolute atomic E-state index is 0.120. The molecule has 3 aromatic rings. The molecular formula is C23H23ClN2O3S. The van der Waals surface area contributed by atoms with Gasteiger partial charge in [0.05, 0.1) is 10.6 Å². The molecule has 3 rings (SSSR count). The quantitative estimate of drug-likeness (QED) is 0.587. The molecule has 1 amide bonds. The van der Waals surface area contributed by atoms with Crippen LogP contribution in [0.4, 0.5) is 5.69 Å². The normalized spacial score (nSPS) is 11.2. The number of hydrogen-bond donors (Lipinski definition) is 1. The van der Waals surface area contributed by atoms with Gasteiger partial charge in [-0.25, -0.2) is 8.42 Å². The summed E-state index contributed by atoms with van der Waals surface area (Å²) in [7, 11) is -3.94. The Kier molecular flexibility index (Phi) is 6.80. The first-order valence-electron chi connectivity index (χ1n) is 9.43. The molecular weight excluding hydrogens is 420 g/mol. The number of carbonyl (C=O) groups is 1. The molecule has 0 saturated heterocycles. The van der Waals surface area contributed by atoms with Crippen molar-refractivity contribution in [3.05, 3.63) is 94.5 Å². The monoisotopic (exact) mass is 442 g/mol. The van der Waals surface area contributed by atoms with Gasteiger partial charge in [-0.3, -0.25) is 9.10 Å². The lowest BCUT2D eigenvalue weighted by Crippen LogP contribution is -2.40. The van der Waals surface area contributed by atoms with E-state index in [4.69, 9.17) is 11.6 Å². The second-order valence-electron chi connectivity index (χ2n) is 7.00. The smallest absolute Gasteiger partial charge is 0.264 e. The van der Waals surface area contributed by atoms with Crippen LogP contribution >= 0.6 is 11.6 Å². The second-order valence-corrected chi connectivity index (χ2v) is 9.30. The molecule has 5 nitrogen and oxygen atoms in total. The molecule has 1 N–H and O–H groups in total. The summed E-state index contributed by atoms with van der Waals surface area (Å²) in [6.45, 7) is 3.82. The molecule has 0 aliphatic rings. The molecule has 0 unspecified atom stereocenters. The summed E-state index contributed by atoms with van der Waals surface area (Å²) in [6, 6.07) is 20.6. The molecule has 0 aromatic heterocycles. The maximum absolute atomic E-state index is 13.3. The van der Waals surface area contributed by atoms with Gasteiger partial charge in [0, 0.05) is 11.6 Å². The van der Waals surface area contributed by atoms with E-state index in [9.17, 15) is 13.2 Å². The highest BCUT2D eigenvalue weighted by Crippen LogP contribution is 2.25. The molecule has 30 heavy (non-hydrogen) atoms. The fourth-order valence-electron chi connectivity index (χ4n) is 2.95. The number of nitrogens with zero attached hydrogens (tertiary/aromatic N) is 1. The Hall–Kier alpha value is -2.83. The van der Waals surface area contributed by atoms with Crippen molar-refractivity contribution >= 4 is 33.2 Å². The number of benzene rings is 3. The number of halogens is 1. The largest absolute Gasteiger partial charge is 0.350 e. The Balaban J connectivity index is 1.86. The van der Waals surface area contributed by atoms with E-state index >= 15 is 0 Å². The number of nitrogens with one attached hydrogen (secondary N) is 1. The van der Waals surface area contributed by atoms with Crippen LogP contribution in [0.2, 0.25) is 5.02 Å². The molecule has 0 heterocycles. The minimum atomic E-state index is -3.94. The molecule has 0 spiro atoms. The molecule has 156 valence electrons. The van der Waals surface area contributed by atoms with Gasteiger partial charge in [0.25, 0.3) is 10.0 Å². The van der Waals surface area contributed by atoms with Gasteiger partial charge in [0.2, 0.25) is 5.91 Å². The maximum atomic E-state index is 13.3. The second kappa shape index (κ2) is 9.32. The lowest BCUT2D eigenvalue weighted by atomic mass is 10.1. The zero-order chi connectivity index (χ0) is 21.7. The number of sulfonamides is 1. The summed E-state index contributed by atoms with van der Waals surface area (Å²) in [6.07, 6.45) is 0. The zero-order valence-electron chi connectivity index (χ0n) is 16.8. The third kappa shape index (κ3) is 5.20. The fourth-order valence-corrected chi connectivity index (χ4v) is 4.50. The van der Waals surface area contributed by atoms with Crippen LogP contribution in [0.15, 0.2) is 77.7 Å². The number of rotatable bonds is 7. The first-order chi connectivity index (χ1) is 14.3. The van der Waals surface area contributed by atoms with Crippen molar-refractivity contribution in [2.75, 3.05) is 10.8 Å². The van der Waals surface area contributed by atoms with Gasteiger partial charge >= 0.3 is 0 Å². The Morgan fingerprint density at radius 1 is 0.933 bits per heavy atom. The number of amides is 1. The average Bonchev–Trinajstić information content (AvgIpc) is 2.72. The van der Waals surface area contributed by atoms with Crippen LogP contribution in [0.1, 0.15) is 16.7 Å². The highest BCUT2D eigenvalue weighted by atomic mass is 35.5. The summed E-state index contributed by atoms with van der Waals surface area (Å²) in [5.74, 6) is -0.399. The van der Waals surface area contributed by atoms with Gasteiger partial charge in [0.1, 0.15) is 6.54 Å². The van der Waals surface area contributed by atoms with E-state index in [2.05, 4.69) is 5.32 Å². The summed E-state index contributed by atoms with van der Waals surface area (Å²) < 4.78 is 27.7. The van der Waals surface area contributed by atoms with E-state index in [-0.39, 0.29) is 11.4 Å². The van der Waals surface area contributed by atoms with Crippen LogP contribution in [0.3, 0.4) is 0 Å².